The molecule has 0 aromatic heterocycles. The van der Waals surface area contributed by atoms with Crippen molar-refractivity contribution in [1.29, 1.82) is 0 Å². The number of hydrogen-bond acceptors (Lipinski definition) is 2. The first-order chi connectivity index (χ1) is 7.55. The van der Waals surface area contributed by atoms with Gasteiger partial charge in [-0.15, -0.1) is 0 Å². The molecule has 2 nitrogen and oxygen atoms in total. The smallest absolute Gasteiger partial charge is 0.0515 e. The molecule has 0 saturated heterocycles. The highest BCUT2D eigenvalue weighted by atomic mass is 16.3. The molecule has 0 aliphatic rings. The summed E-state index contributed by atoms with van der Waals surface area (Å²) in [6, 6.07) is 8.14. The van der Waals surface area contributed by atoms with Gasteiger partial charge in [-0.1, -0.05) is 38.1 Å². The lowest BCUT2D eigenvalue weighted by Crippen LogP contribution is -2.37. The third-order valence-electron chi connectivity index (χ3n) is 3.66. The standard InChI is InChI=1S/C14H22O2/c1-11(2)14(9-15,10-16)8-13-7-5-4-6-12(13)3/h4-7,11,15-16H,8-10H2,1-3H3. The molecule has 0 atom stereocenters. The lowest BCUT2D eigenvalue weighted by molar-refractivity contribution is 0.0162. The minimum atomic E-state index is -0.411. The summed E-state index contributed by atoms with van der Waals surface area (Å²) >= 11 is 0. The molecule has 0 aliphatic carbocycles. The average molecular weight is 222 g/mol. The second kappa shape index (κ2) is 5.46. The van der Waals surface area contributed by atoms with Crippen molar-refractivity contribution in [2.24, 2.45) is 11.3 Å². The highest BCUT2D eigenvalue weighted by Crippen LogP contribution is 2.31. The van der Waals surface area contributed by atoms with E-state index in [1.165, 1.54) is 11.1 Å². The summed E-state index contributed by atoms with van der Waals surface area (Å²) in [5.41, 5.74) is 2.01. The molecule has 1 aromatic carbocycles. The van der Waals surface area contributed by atoms with Gasteiger partial charge in [-0.05, 0) is 30.4 Å². The number of hydrogen-bond donors (Lipinski definition) is 2. The molecule has 16 heavy (non-hydrogen) atoms. The van der Waals surface area contributed by atoms with E-state index in [1.54, 1.807) is 0 Å². The monoisotopic (exact) mass is 222 g/mol. The zero-order valence-corrected chi connectivity index (χ0v) is 10.4. The van der Waals surface area contributed by atoms with Crippen molar-refractivity contribution in [2.45, 2.75) is 27.2 Å². The first-order valence-corrected chi connectivity index (χ1v) is 5.82. The van der Waals surface area contributed by atoms with Crippen molar-refractivity contribution in [2.75, 3.05) is 13.2 Å². The van der Waals surface area contributed by atoms with Crippen molar-refractivity contribution in [3.63, 3.8) is 0 Å². The molecule has 0 saturated carbocycles. The normalized spacial score (nSPS) is 12.1. The topological polar surface area (TPSA) is 40.5 Å². The first-order valence-electron chi connectivity index (χ1n) is 5.82. The van der Waals surface area contributed by atoms with Crippen LogP contribution in [0.3, 0.4) is 0 Å². The van der Waals surface area contributed by atoms with Crippen LogP contribution < -0.4 is 0 Å². The summed E-state index contributed by atoms with van der Waals surface area (Å²) in [7, 11) is 0. The zero-order valence-electron chi connectivity index (χ0n) is 10.4. The van der Waals surface area contributed by atoms with E-state index in [-0.39, 0.29) is 19.1 Å². The fourth-order valence-electron chi connectivity index (χ4n) is 1.92. The van der Waals surface area contributed by atoms with Gasteiger partial charge in [0.1, 0.15) is 0 Å². The number of benzene rings is 1. The number of aliphatic hydroxyl groups excluding tert-OH is 2. The Morgan fingerprint density at radius 1 is 1.12 bits per heavy atom. The molecular weight excluding hydrogens is 200 g/mol. The maximum Gasteiger partial charge on any atom is 0.0515 e. The second-order valence-electron chi connectivity index (χ2n) is 4.94. The van der Waals surface area contributed by atoms with Crippen LogP contribution in [0.15, 0.2) is 24.3 Å². The summed E-state index contributed by atoms with van der Waals surface area (Å²) in [6.07, 6.45) is 0.727. The van der Waals surface area contributed by atoms with Crippen molar-refractivity contribution in [3.05, 3.63) is 35.4 Å². The summed E-state index contributed by atoms with van der Waals surface area (Å²) < 4.78 is 0. The molecule has 0 spiro atoms. The number of aryl methyl sites for hydroxylation is 1. The summed E-state index contributed by atoms with van der Waals surface area (Å²) in [4.78, 5) is 0. The van der Waals surface area contributed by atoms with Gasteiger partial charge in [0.2, 0.25) is 0 Å². The van der Waals surface area contributed by atoms with E-state index in [0.29, 0.717) is 0 Å². The average Bonchev–Trinajstić information content (AvgIpc) is 2.28. The van der Waals surface area contributed by atoms with Crippen LogP contribution in [-0.4, -0.2) is 23.4 Å². The van der Waals surface area contributed by atoms with Gasteiger partial charge < -0.3 is 10.2 Å². The molecule has 0 heterocycles. The van der Waals surface area contributed by atoms with Gasteiger partial charge in [-0.2, -0.15) is 0 Å². The van der Waals surface area contributed by atoms with Crippen molar-refractivity contribution >= 4 is 0 Å². The van der Waals surface area contributed by atoms with Crippen molar-refractivity contribution in [1.82, 2.24) is 0 Å². The van der Waals surface area contributed by atoms with Crippen molar-refractivity contribution in [3.8, 4) is 0 Å². The lowest BCUT2D eigenvalue weighted by atomic mass is 9.73. The van der Waals surface area contributed by atoms with Gasteiger partial charge >= 0.3 is 0 Å². The maximum absolute atomic E-state index is 9.54. The van der Waals surface area contributed by atoms with E-state index in [1.807, 2.05) is 26.0 Å². The van der Waals surface area contributed by atoms with E-state index in [0.717, 1.165) is 6.42 Å². The van der Waals surface area contributed by atoms with Crippen molar-refractivity contribution < 1.29 is 10.2 Å². The van der Waals surface area contributed by atoms with Crippen LogP contribution in [0.25, 0.3) is 0 Å². The molecule has 1 aromatic rings. The van der Waals surface area contributed by atoms with Crippen LogP contribution in [0, 0.1) is 18.3 Å². The van der Waals surface area contributed by atoms with Crippen LogP contribution >= 0.6 is 0 Å². The Kier molecular flexibility index (Phi) is 4.51. The first kappa shape index (κ1) is 13.2. The molecule has 1 rings (SSSR count). The fraction of sp³-hybridized carbons (Fsp3) is 0.571. The summed E-state index contributed by atoms with van der Waals surface area (Å²) in [6.45, 7) is 6.20. The second-order valence-corrected chi connectivity index (χ2v) is 4.94. The third-order valence-corrected chi connectivity index (χ3v) is 3.66. The van der Waals surface area contributed by atoms with E-state index in [4.69, 9.17) is 0 Å². The predicted octanol–water partition coefficient (Wildman–Crippen LogP) is 2.16. The molecule has 0 bridgehead atoms. The molecule has 2 heteroatoms. The van der Waals surface area contributed by atoms with Crippen LogP contribution in [0.1, 0.15) is 25.0 Å². The van der Waals surface area contributed by atoms with Gasteiger partial charge in [0.05, 0.1) is 13.2 Å². The van der Waals surface area contributed by atoms with Crippen LogP contribution in [0.5, 0.6) is 0 Å². The summed E-state index contributed by atoms with van der Waals surface area (Å²) in [5, 5.41) is 19.1. The molecule has 0 radical (unpaired) electrons. The van der Waals surface area contributed by atoms with Crippen LogP contribution in [0.2, 0.25) is 0 Å². The fourth-order valence-corrected chi connectivity index (χ4v) is 1.92. The van der Waals surface area contributed by atoms with E-state index in [9.17, 15) is 10.2 Å². The van der Waals surface area contributed by atoms with Gasteiger partial charge in [0.15, 0.2) is 0 Å². The van der Waals surface area contributed by atoms with E-state index < -0.39 is 5.41 Å². The highest BCUT2D eigenvalue weighted by Gasteiger charge is 2.33. The highest BCUT2D eigenvalue weighted by molar-refractivity contribution is 5.27. The Balaban J connectivity index is 2.96. The van der Waals surface area contributed by atoms with Crippen LogP contribution in [-0.2, 0) is 6.42 Å². The largest absolute Gasteiger partial charge is 0.396 e. The molecular formula is C14H22O2. The minimum absolute atomic E-state index is 0.0233. The lowest BCUT2D eigenvalue weighted by Gasteiger charge is -2.34. The Bertz CT molecular complexity index is 327. The Labute approximate surface area is 97.9 Å². The molecule has 0 amide bonds. The van der Waals surface area contributed by atoms with E-state index >= 15 is 0 Å². The Morgan fingerprint density at radius 3 is 2.12 bits per heavy atom. The Morgan fingerprint density at radius 2 is 1.69 bits per heavy atom. The number of aliphatic hydroxyl groups is 2. The maximum atomic E-state index is 9.54. The third kappa shape index (κ3) is 2.63. The molecule has 90 valence electrons. The van der Waals surface area contributed by atoms with Gasteiger partial charge in [0.25, 0.3) is 0 Å². The molecule has 2 N–H and O–H groups in total. The van der Waals surface area contributed by atoms with E-state index in [2.05, 4.69) is 19.1 Å². The molecule has 0 unspecified atom stereocenters. The predicted molar refractivity (Wildman–Crippen MR) is 66.3 cm³/mol. The molecule has 0 fully saturated rings. The Hall–Kier alpha value is -0.860. The van der Waals surface area contributed by atoms with Gasteiger partial charge in [-0.25, -0.2) is 0 Å². The summed E-state index contributed by atoms with van der Waals surface area (Å²) in [5.74, 6) is 0.252. The quantitative estimate of drug-likeness (QED) is 0.801. The van der Waals surface area contributed by atoms with Gasteiger partial charge in [0, 0.05) is 5.41 Å². The zero-order chi connectivity index (χ0) is 12.2. The minimum Gasteiger partial charge on any atom is -0.396 e. The molecule has 0 aliphatic heterocycles. The van der Waals surface area contributed by atoms with Crippen LogP contribution in [0.4, 0.5) is 0 Å². The number of rotatable bonds is 5. The van der Waals surface area contributed by atoms with Gasteiger partial charge in [-0.3, -0.25) is 0 Å². The SMILES string of the molecule is Cc1ccccc1CC(CO)(CO)C(C)C.